The second kappa shape index (κ2) is 5.53. The predicted octanol–water partition coefficient (Wildman–Crippen LogP) is 0.0926. The van der Waals surface area contributed by atoms with Crippen LogP contribution in [0.5, 0.6) is 0 Å². The molecule has 0 aromatic carbocycles. The molecule has 2 unspecified atom stereocenters. The van der Waals surface area contributed by atoms with Gasteiger partial charge in [-0.15, -0.1) is 0 Å². The Bertz CT molecular complexity index is 649. The molecule has 0 radical (unpaired) electrons. The van der Waals surface area contributed by atoms with Gasteiger partial charge in [0.2, 0.25) is 5.91 Å². The third-order valence-corrected chi connectivity index (χ3v) is 3.50. The van der Waals surface area contributed by atoms with Gasteiger partial charge in [-0.25, -0.2) is 4.98 Å². The van der Waals surface area contributed by atoms with E-state index in [1.807, 2.05) is 28.8 Å². The molecule has 110 valence electrons. The second-order valence-corrected chi connectivity index (χ2v) is 5.03. The summed E-state index contributed by atoms with van der Waals surface area (Å²) in [4.78, 5) is 27.4. The maximum absolute atomic E-state index is 12.0. The summed E-state index contributed by atoms with van der Waals surface area (Å²) in [5.74, 6) is -1.89. The van der Waals surface area contributed by atoms with Crippen LogP contribution in [0.4, 0.5) is 0 Å². The normalized spacial score (nSPS) is 21.5. The van der Waals surface area contributed by atoms with E-state index in [1.165, 1.54) is 0 Å². The Morgan fingerprint density at radius 1 is 1.43 bits per heavy atom. The maximum atomic E-state index is 12.0. The number of carboxylic acids is 1. The number of ether oxygens (including phenoxy) is 1. The second-order valence-electron chi connectivity index (χ2n) is 5.03. The van der Waals surface area contributed by atoms with Crippen molar-refractivity contribution >= 4 is 17.5 Å². The maximum Gasteiger partial charge on any atom is 0.311 e. The molecule has 7 heteroatoms. The van der Waals surface area contributed by atoms with E-state index >= 15 is 0 Å². The third kappa shape index (κ3) is 2.87. The van der Waals surface area contributed by atoms with Gasteiger partial charge in [-0.1, -0.05) is 6.07 Å². The van der Waals surface area contributed by atoms with Crippen molar-refractivity contribution in [3.63, 3.8) is 0 Å². The molecule has 0 bridgehead atoms. The molecule has 1 amide bonds. The smallest absolute Gasteiger partial charge is 0.311 e. The standard InChI is InChI=1S/C14H15N3O4/c18-13(16-11-8-21-7-10(11)14(19)20)5-9-6-17-4-2-1-3-12(17)15-9/h1-4,6,10-11H,5,7-8H2,(H,16,18)(H,19,20). The van der Waals surface area contributed by atoms with Crippen LogP contribution in [0, 0.1) is 5.92 Å². The van der Waals surface area contributed by atoms with E-state index in [0.717, 1.165) is 5.65 Å². The highest BCUT2D eigenvalue weighted by molar-refractivity contribution is 5.80. The molecule has 1 aliphatic rings. The summed E-state index contributed by atoms with van der Waals surface area (Å²) in [5.41, 5.74) is 1.41. The topological polar surface area (TPSA) is 92.9 Å². The number of amides is 1. The van der Waals surface area contributed by atoms with E-state index in [4.69, 9.17) is 9.84 Å². The first-order valence-corrected chi connectivity index (χ1v) is 6.66. The molecule has 3 heterocycles. The third-order valence-electron chi connectivity index (χ3n) is 3.50. The number of aliphatic carboxylic acids is 1. The number of carbonyl (C=O) groups excluding carboxylic acids is 1. The largest absolute Gasteiger partial charge is 0.481 e. The van der Waals surface area contributed by atoms with Crippen LogP contribution in [0.25, 0.3) is 5.65 Å². The van der Waals surface area contributed by atoms with E-state index in [2.05, 4.69) is 10.3 Å². The fraction of sp³-hybridized carbons (Fsp3) is 0.357. The molecule has 2 N–H and O–H groups in total. The van der Waals surface area contributed by atoms with E-state index in [0.29, 0.717) is 5.69 Å². The van der Waals surface area contributed by atoms with E-state index in [9.17, 15) is 9.59 Å². The first-order valence-electron chi connectivity index (χ1n) is 6.66. The number of imidazole rings is 1. The Labute approximate surface area is 120 Å². The van der Waals surface area contributed by atoms with Gasteiger partial charge in [0.25, 0.3) is 0 Å². The Hall–Kier alpha value is -2.41. The number of nitrogens with zero attached hydrogens (tertiary/aromatic N) is 2. The zero-order valence-electron chi connectivity index (χ0n) is 11.2. The van der Waals surface area contributed by atoms with Crippen molar-refractivity contribution < 1.29 is 19.4 Å². The summed E-state index contributed by atoms with van der Waals surface area (Å²) in [6, 6.07) is 5.13. The molecular formula is C14H15N3O4. The quantitative estimate of drug-likeness (QED) is 0.832. The lowest BCUT2D eigenvalue weighted by atomic mass is 10.0. The summed E-state index contributed by atoms with van der Waals surface area (Å²) in [6.07, 6.45) is 3.76. The van der Waals surface area contributed by atoms with Crippen LogP contribution in [0.15, 0.2) is 30.6 Å². The molecule has 21 heavy (non-hydrogen) atoms. The molecule has 0 spiro atoms. The van der Waals surface area contributed by atoms with E-state index < -0.39 is 17.9 Å². The zero-order valence-corrected chi connectivity index (χ0v) is 11.2. The molecule has 1 saturated heterocycles. The van der Waals surface area contributed by atoms with E-state index in [-0.39, 0.29) is 25.5 Å². The van der Waals surface area contributed by atoms with Crippen molar-refractivity contribution in [3.05, 3.63) is 36.3 Å². The summed E-state index contributed by atoms with van der Waals surface area (Å²) >= 11 is 0. The number of fused-ring (bicyclic) bond motifs is 1. The van der Waals surface area contributed by atoms with Crippen LogP contribution in [0.2, 0.25) is 0 Å². The Balaban J connectivity index is 1.65. The van der Waals surface area contributed by atoms with Gasteiger partial charge in [-0.3, -0.25) is 9.59 Å². The SMILES string of the molecule is O=C(Cc1cn2ccccc2n1)NC1COCC1C(=O)O. The minimum absolute atomic E-state index is 0.116. The fourth-order valence-electron chi connectivity index (χ4n) is 2.43. The lowest BCUT2D eigenvalue weighted by Crippen LogP contribution is -2.43. The number of carbonyl (C=O) groups is 2. The van der Waals surface area contributed by atoms with Gasteiger partial charge in [0.05, 0.1) is 31.4 Å². The highest BCUT2D eigenvalue weighted by Gasteiger charge is 2.35. The lowest BCUT2D eigenvalue weighted by molar-refractivity contribution is -0.142. The van der Waals surface area contributed by atoms with Crippen LogP contribution >= 0.6 is 0 Å². The number of pyridine rings is 1. The molecule has 1 aliphatic heterocycles. The zero-order chi connectivity index (χ0) is 14.8. The van der Waals surface area contributed by atoms with Crippen molar-refractivity contribution in [1.29, 1.82) is 0 Å². The number of aromatic nitrogens is 2. The molecule has 2 aromatic rings. The Morgan fingerprint density at radius 3 is 3.05 bits per heavy atom. The Morgan fingerprint density at radius 2 is 2.29 bits per heavy atom. The average Bonchev–Trinajstić information content (AvgIpc) is 3.03. The average molecular weight is 289 g/mol. The number of hydrogen-bond acceptors (Lipinski definition) is 4. The van der Waals surface area contributed by atoms with Crippen LogP contribution in [0.1, 0.15) is 5.69 Å². The number of rotatable bonds is 4. The van der Waals surface area contributed by atoms with Gasteiger partial charge < -0.3 is 19.6 Å². The van der Waals surface area contributed by atoms with Crippen LogP contribution in [-0.4, -0.2) is 45.6 Å². The highest BCUT2D eigenvalue weighted by atomic mass is 16.5. The molecule has 1 fully saturated rings. The van der Waals surface area contributed by atoms with Crippen molar-refractivity contribution in [1.82, 2.24) is 14.7 Å². The van der Waals surface area contributed by atoms with Crippen molar-refractivity contribution in [2.45, 2.75) is 12.5 Å². The summed E-state index contributed by atoms with van der Waals surface area (Å²) in [7, 11) is 0. The van der Waals surface area contributed by atoms with Crippen molar-refractivity contribution in [3.8, 4) is 0 Å². The number of hydrogen-bond donors (Lipinski definition) is 2. The first kappa shape index (κ1) is 13.6. The van der Waals surface area contributed by atoms with Gasteiger partial charge >= 0.3 is 5.97 Å². The predicted molar refractivity (Wildman–Crippen MR) is 72.8 cm³/mol. The minimum atomic E-state index is -0.953. The number of carboxylic acid groups (broad SMARTS) is 1. The summed E-state index contributed by atoms with van der Waals surface area (Å²) in [6.45, 7) is 0.364. The molecule has 0 saturated carbocycles. The molecule has 0 aliphatic carbocycles. The van der Waals surface area contributed by atoms with Gasteiger partial charge in [-0.2, -0.15) is 0 Å². The highest BCUT2D eigenvalue weighted by Crippen LogP contribution is 2.14. The fourth-order valence-corrected chi connectivity index (χ4v) is 2.43. The molecule has 2 atom stereocenters. The number of nitrogens with one attached hydrogen (secondary N) is 1. The lowest BCUT2D eigenvalue weighted by Gasteiger charge is -2.15. The van der Waals surface area contributed by atoms with Crippen LogP contribution in [0.3, 0.4) is 0 Å². The molecule has 3 rings (SSSR count). The van der Waals surface area contributed by atoms with Crippen LogP contribution in [-0.2, 0) is 20.7 Å². The van der Waals surface area contributed by atoms with Gasteiger partial charge in [0.15, 0.2) is 0 Å². The minimum Gasteiger partial charge on any atom is -0.481 e. The summed E-state index contributed by atoms with van der Waals surface area (Å²) in [5, 5.41) is 11.7. The van der Waals surface area contributed by atoms with E-state index in [1.54, 1.807) is 6.20 Å². The van der Waals surface area contributed by atoms with Gasteiger partial charge in [-0.05, 0) is 12.1 Å². The molecule has 2 aromatic heterocycles. The van der Waals surface area contributed by atoms with Gasteiger partial charge in [0.1, 0.15) is 11.6 Å². The Kier molecular flexibility index (Phi) is 3.57. The first-order chi connectivity index (χ1) is 10.1. The van der Waals surface area contributed by atoms with Crippen LogP contribution < -0.4 is 5.32 Å². The van der Waals surface area contributed by atoms with Gasteiger partial charge in [0, 0.05) is 12.4 Å². The molecule has 7 nitrogen and oxygen atoms in total. The van der Waals surface area contributed by atoms with Crippen molar-refractivity contribution in [2.24, 2.45) is 5.92 Å². The molecular weight excluding hydrogens is 274 g/mol. The monoisotopic (exact) mass is 289 g/mol. The summed E-state index contributed by atoms with van der Waals surface area (Å²) < 4.78 is 6.95. The van der Waals surface area contributed by atoms with Crippen molar-refractivity contribution in [2.75, 3.05) is 13.2 Å².